The third kappa shape index (κ3) is 4.21. The zero-order valence-electron chi connectivity index (χ0n) is 17.1. The Hall–Kier alpha value is -3.03. The maximum atomic E-state index is 12.8. The van der Waals surface area contributed by atoms with Crippen molar-refractivity contribution in [2.75, 3.05) is 13.1 Å². The van der Waals surface area contributed by atoms with Crippen LogP contribution in [-0.4, -0.2) is 48.6 Å². The Morgan fingerprint density at radius 2 is 1.86 bits per heavy atom. The molecule has 8 heteroatoms. The normalized spacial score (nSPS) is 15.3. The molecule has 0 spiro atoms. The van der Waals surface area contributed by atoms with Crippen LogP contribution in [0.25, 0.3) is 17.3 Å². The monoisotopic (exact) mass is 394 g/mol. The van der Waals surface area contributed by atoms with Crippen molar-refractivity contribution >= 4 is 5.91 Å². The molecule has 0 radical (unpaired) electrons. The first-order valence-electron chi connectivity index (χ1n) is 10.1. The predicted octanol–water partition coefficient (Wildman–Crippen LogP) is 3.63. The molecule has 1 aliphatic rings. The van der Waals surface area contributed by atoms with E-state index in [-0.39, 0.29) is 11.3 Å². The van der Waals surface area contributed by atoms with Crippen molar-refractivity contribution in [2.24, 2.45) is 0 Å². The summed E-state index contributed by atoms with van der Waals surface area (Å²) >= 11 is 0. The van der Waals surface area contributed by atoms with E-state index in [9.17, 15) is 4.79 Å². The number of hydrogen-bond acceptors (Lipinski definition) is 6. The van der Waals surface area contributed by atoms with E-state index in [0.717, 1.165) is 31.5 Å². The zero-order chi connectivity index (χ0) is 20.4. The molecule has 1 saturated heterocycles. The molecule has 3 aromatic rings. The van der Waals surface area contributed by atoms with Gasteiger partial charge in [-0.05, 0) is 25.0 Å². The Balaban J connectivity index is 1.56. The highest BCUT2D eigenvalue weighted by atomic mass is 16.5. The van der Waals surface area contributed by atoms with Crippen LogP contribution in [0.2, 0.25) is 0 Å². The number of nitrogens with zero attached hydrogens (tertiary/aromatic N) is 6. The van der Waals surface area contributed by atoms with Gasteiger partial charge < -0.3 is 9.42 Å². The minimum Gasteiger partial charge on any atom is -0.337 e. The third-order valence-corrected chi connectivity index (χ3v) is 5.05. The molecule has 1 amide bonds. The molecular formula is C21H26N6O2. The number of likely N-dealkylation sites (tertiary alicyclic amines) is 1. The van der Waals surface area contributed by atoms with E-state index < -0.39 is 0 Å². The lowest BCUT2D eigenvalue weighted by atomic mass is 9.96. The van der Waals surface area contributed by atoms with Crippen molar-refractivity contribution in [3.8, 4) is 17.3 Å². The predicted molar refractivity (Wildman–Crippen MR) is 108 cm³/mol. The van der Waals surface area contributed by atoms with Gasteiger partial charge in [0.25, 0.3) is 11.8 Å². The molecule has 0 unspecified atom stereocenters. The summed E-state index contributed by atoms with van der Waals surface area (Å²) < 4.78 is 7.17. The summed E-state index contributed by atoms with van der Waals surface area (Å²) in [4.78, 5) is 27.9. The van der Waals surface area contributed by atoms with Crippen molar-refractivity contribution in [1.29, 1.82) is 0 Å². The standard InChI is InChI=1S/C21H26N6O2/c1-21(2,3)20-24-18(29-25-20)15-8-9-22-17(12-15)27-13-16(23-14-27)19(28)26-10-6-4-5-7-11-26/h8-9,12-14H,4-7,10-11H2,1-3H3. The van der Waals surface area contributed by atoms with Crippen molar-refractivity contribution in [1.82, 2.24) is 29.6 Å². The van der Waals surface area contributed by atoms with Crippen LogP contribution in [0.4, 0.5) is 0 Å². The van der Waals surface area contributed by atoms with E-state index in [4.69, 9.17) is 4.52 Å². The van der Waals surface area contributed by atoms with E-state index in [0.29, 0.717) is 23.2 Å². The average molecular weight is 394 g/mol. The summed E-state index contributed by atoms with van der Waals surface area (Å²) in [6.45, 7) is 7.70. The summed E-state index contributed by atoms with van der Waals surface area (Å²) in [5.41, 5.74) is 1.02. The van der Waals surface area contributed by atoms with Crippen LogP contribution in [0.1, 0.15) is 62.8 Å². The van der Waals surface area contributed by atoms with Crippen molar-refractivity contribution < 1.29 is 9.32 Å². The Kier molecular flexibility index (Phi) is 5.17. The minimum absolute atomic E-state index is 0.0199. The highest BCUT2D eigenvalue weighted by Crippen LogP contribution is 2.24. The lowest BCUT2D eigenvalue weighted by molar-refractivity contribution is 0.0756. The maximum absolute atomic E-state index is 12.8. The van der Waals surface area contributed by atoms with E-state index in [2.05, 4.69) is 20.1 Å². The van der Waals surface area contributed by atoms with Crippen LogP contribution in [0.15, 0.2) is 35.4 Å². The van der Waals surface area contributed by atoms with Gasteiger partial charge in [-0.3, -0.25) is 9.36 Å². The molecule has 0 atom stereocenters. The summed E-state index contributed by atoms with van der Waals surface area (Å²) in [7, 11) is 0. The van der Waals surface area contributed by atoms with Gasteiger partial charge in [0.2, 0.25) is 0 Å². The van der Waals surface area contributed by atoms with Gasteiger partial charge in [0, 0.05) is 36.5 Å². The fraction of sp³-hybridized carbons (Fsp3) is 0.476. The molecule has 1 aliphatic heterocycles. The fourth-order valence-corrected chi connectivity index (χ4v) is 3.33. The topological polar surface area (TPSA) is 89.9 Å². The lowest BCUT2D eigenvalue weighted by Gasteiger charge is -2.18. The second-order valence-corrected chi connectivity index (χ2v) is 8.45. The number of pyridine rings is 1. The summed E-state index contributed by atoms with van der Waals surface area (Å²) in [6, 6.07) is 3.67. The Morgan fingerprint density at radius 3 is 2.55 bits per heavy atom. The van der Waals surface area contributed by atoms with Gasteiger partial charge in [-0.25, -0.2) is 9.97 Å². The van der Waals surface area contributed by atoms with Gasteiger partial charge in [-0.15, -0.1) is 0 Å². The number of aromatic nitrogens is 5. The Morgan fingerprint density at radius 1 is 1.10 bits per heavy atom. The Labute approximate surface area is 170 Å². The molecule has 4 rings (SSSR count). The van der Waals surface area contributed by atoms with E-state index in [1.165, 1.54) is 12.8 Å². The molecule has 0 bridgehead atoms. The third-order valence-electron chi connectivity index (χ3n) is 5.05. The first-order valence-corrected chi connectivity index (χ1v) is 10.1. The van der Waals surface area contributed by atoms with Gasteiger partial charge >= 0.3 is 0 Å². The number of amides is 1. The van der Waals surface area contributed by atoms with Gasteiger partial charge in [-0.2, -0.15) is 4.98 Å². The number of carbonyl (C=O) groups excluding carboxylic acids is 1. The lowest BCUT2D eigenvalue weighted by Crippen LogP contribution is -2.32. The molecule has 3 aromatic heterocycles. The first-order chi connectivity index (χ1) is 13.9. The summed E-state index contributed by atoms with van der Waals surface area (Å²) in [5.74, 6) is 1.72. The number of hydrogen-bond donors (Lipinski definition) is 0. The minimum atomic E-state index is -0.190. The number of imidazole rings is 1. The molecule has 1 fully saturated rings. The highest BCUT2D eigenvalue weighted by Gasteiger charge is 2.22. The van der Waals surface area contributed by atoms with Crippen LogP contribution in [0.5, 0.6) is 0 Å². The molecule has 29 heavy (non-hydrogen) atoms. The summed E-state index contributed by atoms with van der Waals surface area (Å²) in [5, 5.41) is 4.08. The largest absolute Gasteiger partial charge is 0.337 e. The molecule has 8 nitrogen and oxygen atoms in total. The average Bonchev–Trinajstić information content (AvgIpc) is 3.32. The van der Waals surface area contributed by atoms with Crippen LogP contribution >= 0.6 is 0 Å². The second-order valence-electron chi connectivity index (χ2n) is 8.45. The SMILES string of the molecule is CC(C)(C)c1noc(-c2ccnc(-n3cnc(C(=O)N4CCCCCC4)c3)c2)n1. The number of carbonyl (C=O) groups is 1. The van der Waals surface area contributed by atoms with Crippen LogP contribution in [0.3, 0.4) is 0 Å². The fourth-order valence-electron chi connectivity index (χ4n) is 3.33. The smallest absolute Gasteiger partial charge is 0.274 e. The van der Waals surface area contributed by atoms with Crippen molar-refractivity contribution in [2.45, 2.75) is 51.9 Å². The maximum Gasteiger partial charge on any atom is 0.274 e. The van der Waals surface area contributed by atoms with Gasteiger partial charge in [0.1, 0.15) is 17.8 Å². The van der Waals surface area contributed by atoms with E-state index in [1.807, 2.05) is 37.8 Å². The summed E-state index contributed by atoms with van der Waals surface area (Å²) in [6.07, 6.45) is 9.50. The van der Waals surface area contributed by atoms with E-state index >= 15 is 0 Å². The van der Waals surface area contributed by atoms with Crippen molar-refractivity contribution in [3.05, 3.63) is 42.4 Å². The van der Waals surface area contributed by atoms with Crippen molar-refractivity contribution in [3.63, 3.8) is 0 Å². The molecular weight excluding hydrogens is 368 g/mol. The molecule has 152 valence electrons. The second kappa shape index (κ2) is 7.77. The zero-order valence-corrected chi connectivity index (χ0v) is 17.1. The van der Waals surface area contributed by atoms with Gasteiger partial charge in [0.15, 0.2) is 5.82 Å². The van der Waals surface area contributed by atoms with Crippen LogP contribution in [0, 0.1) is 0 Å². The molecule has 0 aromatic carbocycles. The van der Waals surface area contributed by atoms with Crippen LogP contribution in [-0.2, 0) is 5.41 Å². The first kappa shape index (κ1) is 19.3. The Bertz CT molecular complexity index is 993. The van der Waals surface area contributed by atoms with Gasteiger partial charge in [0.05, 0.1) is 0 Å². The van der Waals surface area contributed by atoms with Crippen LogP contribution < -0.4 is 0 Å². The molecule has 0 aliphatic carbocycles. The van der Waals surface area contributed by atoms with E-state index in [1.54, 1.807) is 23.3 Å². The molecule has 0 N–H and O–H groups in total. The number of rotatable bonds is 3. The van der Waals surface area contributed by atoms with Gasteiger partial charge in [-0.1, -0.05) is 38.8 Å². The quantitative estimate of drug-likeness (QED) is 0.674. The molecule has 0 saturated carbocycles. The molecule has 4 heterocycles. The highest BCUT2D eigenvalue weighted by molar-refractivity contribution is 5.92.